The van der Waals surface area contributed by atoms with E-state index in [1.165, 1.54) is 11.9 Å². The lowest BCUT2D eigenvalue weighted by Gasteiger charge is -2.34. The van der Waals surface area contributed by atoms with Crippen LogP contribution >= 0.6 is 0 Å². The van der Waals surface area contributed by atoms with E-state index >= 15 is 0 Å². The highest BCUT2D eigenvalue weighted by Gasteiger charge is 2.24. The molecule has 3 nitrogen and oxygen atoms in total. The number of hydrogen-bond acceptors (Lipinski definition) is 1. The molecule has 1 aromatic rings. The number of hydrogen-bond donors (Lipinski definition) is 0. The van der Waals surface area contributed by atoms with Crippen LogP contribution in [0.25, 0.3) is 0 Å². The molecule has 6 heteroatoms. The van der Waals surface area contributed by atoms with Gasteiger partial charge in [-0.15, -0.1) is 0 Å². The van der Waals surface area contributed by atoms with Crippen LogP contribution < -0.4 is 0 Å². The third-order valence-corrected chi connectivity index (χ3v) is 3.14. The van der Waals surface area contributed by atoms with E-state index in [0.717, 1.165) is 6.07 Å². The minimum atomic E-state index is -1.25. The molecule has 1 aromatic carbocycles. The van der Waals surface area contributed by atoms with E-state index < -0.39 is 17.5 Å². The summed E-state index contributed by atoms with van der Waals surface area (Å²) in [6.45, 7) is 7.28. The van der Waals surface area contributed by atoms with E-state index in [4.69, 9.17) is 0 Å². The molecule has 0 atom stereocenters. The Morgan fingerprint density at radius 3 is 2.10 bits per heavy atom. The van der Waals surface area contributed by atoms with Crippen molar-refractivity contribution >= 4 is 6.03 Å². The van der Waals surface area contributed by atoms with E-state index in [9.17, 15) is 18.0 Å². The van der Waals surface area contributed by atoms with E-state index in [1.54, 1.807) is 4.90 Å². The summed E-state index contributed by atoms with van der Waals surface area (Å²) in [5.74, 6) is -3.25. The highest BCUT2D eigenvalue weighted by atomic mass is 19.2. The van der Waals surface area contributed by atoms with Crippen LogP contribution in [0.1, 0.15) is 33.3 Å². The highest BCUT2D eigenvalue weighted by Crippen LogP contribution is 2.17. The smallest absolute Gasteiger partial charge is 0.320 e. The molecule has 0 saturated heterocycles. The summed E-state index contributed by atoms with van der Waals surface area (Å²) in [5, 5.41) is 0. The maximum atomic E-state index is 13.6. The molecule has 0 saturated carbocycles. The molecule has 0 fully saturated rings. The van der Waals surface area contributed by atoms with E-state index in [2.05, 4.69) is 0 Å². The standard InChI is InChI=1S/C15H21F3N2O/c1-9(2)20(10(3)4)15(21)19(5)8-11-6-12(16)7-13(17)14(11)18/h6-7,9-10H,8H2,1-5H3. The summed E-state index contributed by atoms with van der Waals surface area (Å²) in [7, 11) is 1.47. The second kappa shape index (κ2) is 6.83. The van der Waals surface area contributed by atoms with Crippen molar-refractivity contribution in [1.82, 2.24) is 9.80 Å². The summed E-state index contributed by atoms with van der Waals surface area (Å²) < 4.78 is 40.0. The van der Waals surface area contributed by atoms with Gasteiger partial charge >= 0.3 is 6.03 Å². The van der Waals surface area contributed by atoms with Gasteiger partial charge in [0.05, 0.1) is 6.54 Å². The molecule has 0 aliphatic heterocycles. The van der Waals surface area contributed by atoms with Gasteiger partial charge < -0.3 is 9.80 Å². The molecule has 0 bridgehead atoms. The van der Waals surface area contributed by atoms with Crippen molar-refractivity contribution in [2.75, 3.05) is 7.05 Å². The lowest BCUT2D eigenvalue weighted by Crippen LogP contribution is -2.48. The first-order valence-electron chi connectivity index (χ1n) is 6.82. The molecular formula is C15H21F3N2O. The SMILES string of the molecule is CC(C)N(C(=O)N(C)Cc1cc(F)cc(F)c1F)C(C)C. The van der Waals surface area contributed by atoms with Crippen LogP contribution in [0.5, 0.6) is 0 Å². The van der Waals surface area contributed by atoms with E-state index in [0.29, 0.717) is 6.07 Å². The molecule has 0 aromatic heterocycles. The predicted molar refractivity (Wildman–Crippen MR) is 75.3 cm³/mol. The van der Waals surface area contributed by atoms with Crippen LogP contribution in [-0.2, 0) is 6.54 Å². The van der Waals surface area contributed by atoms with Crippen LogP contribution in [0.3, 0.4) is 0 Å². The Balaban J connectivity index is 2.95. The lowest BCUT2D eigenvalue weighted by molar-refractivity contribution is 0.130. The number of nitrogens with zero attached hydrogens (tertiary/aromatic N) is 2. The van der Waals surface area contributed by atoms with E-state index in [-0.39, 0.29) is 30.2 Å². The van der Waals surface area contributed by atoms with Crippen molar-refractivity contribution in [1.29, 1.82) is 0 Å². The fourth-order valence-corrected chi connectivity index (χ4v) is 2.28. The minimum absolute atomic E-state index is 0.0333. The number of rotatable bonds is 4. The normalized spacial score (nSPS) is 11.1. The van der Waals surface area contributed by atoms with Crippen molar-refractivity contribution in [3.63, 3.8) is 0 Å². The van der Waals surface area contributed by atoms with Crippen LogP contribution in [0.4, 0.5) is 18.0 Å². The molecule has 21 heavy (non-hydrogen) atoms. The number of benzene rings is 1. The summed E-state index contributed by atoms with van der Waals surface area (Å²) >= 11 is 0. The summed E-state index contributed by atoms with van der Waals surface area (Å²) in [5.41, 5.74) is -0.184. The van der Waals surface area contributed by atoms with Crippen molar-refractivity contribution < 1.29 is 18.0 Å². The van der Waals surface area contributed by atoms with Crippen LogP contribution in [0.15, 0.2) is 12.1 Å². The average molecular weight is 302 g/mol. The summed E-state index contributed by atoms with van der Waals surface area (Å²) in [6.07, 6.45) is 0. The Hall–Kier alpha value is -1.72. The van der Waals surface area contributed by atoms with Gasteiger partial charge in [0.2, 0.25) is 0 Å². The number of amides is 2. The monoisotopic (exact) mass is 302 g/mol. The van der Waals surface area contributed by atoms with Gasteiger partial charge in [-0.1, -0.05) is 0 Å². The molecule has 0 unspecified atom stereocenters. The maximum Gasteiger partial charge on any atom is 0.320 e. The number of carbonyl (C=O) groups is 1. The molecule has 0 spiro atoms. The van der Waals surface area contributed by atoms with Gasteiger partial charge in [0.25, 0.3) is 0 Å². The zero-order valence-electron chi connectivity index (χ0n) is 13.0. The Labute approximate surface area is 123 Å². The second-order valence-electron chi connectivity index (χ2n) is 5.59. The van der Waals surface area contributed by atoms with E-state index in [1.807, 2.05) is 27.7 Å². The third-order valence-electron chi connectivity index (χ3n) is 3.14. The van der Waals surface area contributed by atoms with Gasteiger partial charge in [0.1, 0.15) is 5.82 Å². The second-order valence-corrected chi connectivity index (χ2v) is 5.59. The Bertz CT molecular complexity index is 510. The van der Waals surface area contributed by atoms with Crippen molar-refractivity contribution in [2.24, 2.45) is 0 Å². The van der Waals surface area contributed by atoms with Crippen molar-refractivity contribution in [2.45, 2.75) is 46.3 Å². The van der Waals surface area contributed by atoms with Gasteiger partial charge in [0, 0.05) is 30.8 Å². The number of urea groups is 1. The molecule has 1 rings (SSSR count). The molecule has 0 aliphatic rings. The summed E-state index contributed by atoms with van der Waals surface area (Å²) in [4.78, 5) is 15.2. The van der Waals surface area contributed by atoms with Crippen LogP contribution in [0, 0.1) is 17.5 Å². The zero-order chi connectivity index (χ0) is 16.3. The highest BCUT2D eigenvalue weighted by molar-refractivity contribution is 5.74. The topological polar surface area (TPSA) is 23.6 Å². The first-order valence-corrected chi connectivity index (χ1v) is 6.82. The molecular weight excluding hydrogens is 281 g/mol. The van der Waals surface area contributed by atoms with Gasteiger partial charge in [0.15, 0.2) is 11.6 Å². The Kier molecular flexibility index (Phi) is 5.63. The molecule has 2 amide bonds. The Morgan fingerprint density at radius 1 is 1.10 bits per heavy atom. The number of carbonyl (C=O) groups excluding carboxylic acids is 1. The summed E-state index contributed by atoms with van der Waals surface area (Å²) in [6, 6.07) is 0.999. The van der Waals surface area contributed by atoms with Crippen LogP contribution in [-0.4, -0.2) is 35.0 Å². The van der Waals surface area contributed by atoms with Gasteiger partial charge in [-0.05, 0) is 33.8 Å². The first kappa shape index (κ1) is 17.3. The lowest BCUT2D eigenvalue weighted by atomic mass is 10.2. The van der Waals surface area contributed by atoms with Crippen LogP contribution in [0.2, 0.25) is 0 Å². The minimum Gasteiger partial charge on any atom is -0.323 e. The quantitative estimate of drug-likeness (QED) is 0.777. The first-order chi connectivity index (χ1) is 9.65. The third kappa shape index (κ3) is 4.12. The Morgan fingerprint density at radius 2 is 1.62 bits per heavy atom. The van der Waals surface area contributed by atoms with Crippen molar-refractivity contribution in [3.05, 3.63) is 35.1 Å². The fraction of sp³-hybridized carbons (Fsp3) is 0.533. The van der Waals surface area contributed by atoms with Gasteiger partial charge in [-0.3, -0.25) is 0 Å². The molecule has 0 aliphatic carbocycles. The fourth-order valence-electron chi connectivity index (χ4n) is 2.28. The largest absolute Gasteiger partial charge is 0.323 e. The predicted octanol–water partition coefficient (Wildman–Crippen LogP) is 3.77. The molecule has 0 heterocycles. The van der Waals surface area contributed by atoms with Crippen molar-refractivity contribution in [3.8, 4) is 0 Å². The number of halogens is 3. The molecule has 118 valence electrons. The zero-order valence-corrected chi connectivity index (χ0v) is 13.0. The molecule has 0 N–H and O–H groups in total. The average Bonchev–Trinajstić information content (AvgIpc) is 2.34. The molecule has 0 radical (unpaired) electrons. The van der Waals surface area contributed by atoms with Gasteiger partial charge in [-0.25, -0.2) is 18.0 Å². The maximum absolute atomic E-state index is 13.6. The van der Waals surface area contributed by atoms with Gasteiger partial charge in [-0.2, -0.15) is 0 Å².